The van der Waals surface area contributed by atoms with Crippen LogP contribution in [0.25, 0.3) is 0 Å². The summed E-state index contributed by atoms with van der Waals surface area (Å²) in [4.78, 5) is 4.32. The van der Waals surface area contributed by atoms with Crippen LogP contribution in [0.5, 0.6) is 5.88 Å². The zero-order valence-electron chi connectivity index (χ0n) is 8.52. The Bertz CT molecular complexity index is 499. The number of hydrogen-bond acceptors (Lipinski definition) is 3. The van der Waals surface area contributed by atoms with Gasteiger partial charge >= 0.3 is 0 Å². The monoisotopic (exact) mass is 345 g/mol. The minimum atomic E-state index is 0.601. The van der Waals surface area contributed by atoms with Crippen molar-refractivity contribution in [3.8, 4) is 5.88 Å². The quantitative estimate of drug-likeness (QED) is 0.857. The van der Waals surface area contributed by atoms with E-state index in [2.05, 4.69) is 41.9 Å². The van der Waals surface area contributed by atoms with Crippen molar-refractivity contribution in [2.24, 2.45) is 0 Å². The topological polar surface area (TPSA) is 39.9 Å². The van der Waals surface area contributed by atoms with Crippen LogP contribution < -0.4 is 4.74 Å². The number of aromatic nitrogens is 3. The fourth-order valence-corrected chi connectivity index (χ4v) is 2.43. The number of methoxy groups -OCH3 is 1. The van der Waals surface area contributed by atoms with Gasteiger partial charge in [0.15, 0.2) is 0 Å². The Balaban J connectivity index is 2.23. The van der Waals surface area contributed by atoms with E-state index in [9.17, 15) is 0 Å². The second kappa shape index (κ2) is 4.97. The molecule has 0 aliphatic heterocycles. The number of pyridine rings is 1. The van der Waals surface area contributed by atoms with E-state index in [0.717, 1.165) is 14.9 Å². The maximum Gasteiger partial charge on any atom is 0.213 e. The van der Waals surface area contributed by atoms with Crippen molar-refractivity contribution >= 4 is 31.9 Å². The van der Waals surface area contributed by atoms with Crippen LogP contribution in [0.2, 0.25) is 0 Å². The summed E-state index contributed by atoms with van der Waals surface area (Å²) < 4.78 is 8.58. The molecule has 2 aromatic rings. The molecule has 0 atom stereocenters. The zero-order chi connectivity index (χ0) is 11.5. The summed E-state index contributed by atoms with van der Waals surface area (Å²) in [6.07, 6.45) is 0. The van der Waals surface area contributed by atoms with E-state index < -0.39 is 0 Å². The van der Waals surface area contributed by atoms with E-state index in [4.69, 9.17) is 4.74 Å². The second-order valence-electron chi connectivity index (χ2n) is 3.12. The predicted octanol–water partition coefficient (Wildman–Crippen LogP) is 2.86. The van der Waals surface area contributed by atoms with Crippen molar-refractivity contribution in [1.82, 2.24) is 14.8 Å². The second-order valence-corrected chi connectivity index (χ2v) is 4.74. The lowest BCUT2D eigenvalue weighted by molar-refractivity contribution is 0.395. The van der Waals surface area contributed by atoms with Gasteiger partial charge in [-0.3, -0.25) is 4.68 Å². The third-order valence-corrected chi connectivity index (χ3v) is 3.03. The molecule has 0 unspecified atom stereocenters. The molecule has 2 rings (SSSR count). The Morgan fingerprint density at radius 3 is 2.81 bits per heavy atom. The molecule has 2 aromatic heterocycles. The molecule has 0 bridgehead atoms. The van der Waals surface area contributed by atoms with Crippen LogP contribution >= 0.6 is 31.9 Å². The molecule has 4 nitrogen and oxygen atoms in total. The number of halogens is 2. The molecule has 0 radical (unpaired) electrons. The fraction of sp³-hybridized carbons (Fsp3) is 0.200. The molecule has 0 aliphatic rings. The zero-order valence-corrected chi connectivity index (χ0v) is 11.7. The van der Waals surface area contributed by atoms with Crippen LogP contribution in [0.4, 0.5) is 0 Å². The van der Waals surface area contributed by atoms with Crippen LogP contribution in [-0.2, 0) is 6.54 Å². The molecular formula is C10H9Br2N3O. The summed E-state index contributed by atoms with van der Waals surface area (Å²) in [5.74, 6) is 0.611. The summed E-state index contributed by atoms with van der Waals surface area (Å²) in [7, 11) is 1.60. The van der Waals surface area contributed by atoms with Crippen LogP contribution in [0.3, 0.4) is 0 Å². The fourth-order valence-electron chi connectivity index (χ4n) is 1.29. The van der Waals surface area contributed by atoms with Gasteiger partial charge in [0, 0.05) is 12.1 Å². The molecule has 0 aliphatic carbocycles. The van der Waals surface area contributed by atoms with Crippen molar-refractivity contribution in [2.75, 3.05) is 7.11 Å². The minimum absolute atomic E-state index is 0.601. The molecule has 0 amide bonds. The molecule has 0 N–H and O–H groups in total. The average molecular weight is 347 g/mol. The Morgan fingerprint density at radius 1 is 1.38 bits per heavy atom. The molecule has 84 valence electrons. The number of nitrogens with zero attached hydrogens (tertiary/aromatic N) is 3. The average Bonchev–Trinajstić information content (AvgIpc) is 2.58. The van der Waals surface area contributed by atoms with Gasteiger partial charge in [-0.15, -0.1) is 0 Å². The van der Waals surface area contributed by atoms with Gasteiger partial charge in [0.1, 0.15) is 9.21 Å². The van der Waals surface area contributed by atoms with E-state index in [0.29, 0.717) is 12.4 Å². The maximum atomic E-state index is 5.07. The first-order chi connectivity index (χ1) is 7.69. The lowest BCUT2D eigenvalue weighted by atomic mass is 10.3. The number of rotatable bonds is 3. The highest BCUT2D eigenvalue weighted by Crippen LogP contribution is 2.17. The summed E-state index contributed by atoms with van der Waals surface area (Å²) in [5.41, 5.74) is 0.899. The first kappa shape index (κ1) is 11.6. The summed E-state index contributed by atoms with van der Waals surface area (Å²) in [6.45, 7) is 0.601. The lowest BCUT2D eigenvalue weighted by Crippen LogP contribution is -2.04. The van der Waals surface area contributed by atoms with Crippen molar-refractivity contribution < 1.29 is 4.74 Å². The Labute approximate surface area is 110 Å². The molecule has 6 heteroatoms. The highest BCUT2D eigenvalue weighted by Gasteiger charge is 2.05. The molecule has 0 fully saturated rings. The van der Waals surface area contributed by atoms with Crippen molar-refractivity contribution in [1.29, 1.82) is 0 Å². The number of ether oxygens (including phenoxy) is 1. The van der Waals surface area contributed by atoms with Gasteiger partial charge in [-0.2, -0.15) is 5.10 Å². The third kappa shape index (κ3) is 2.62. The smallest absolute Gasteiger partial charge is 0.213 e. The predicted molar refractivity (Wildman–Crippen MR) is 67.5 cm³/mol. The maximum absolute atomic E-state index is 5.07. The molecule has 0 saturated carbocycles. The van der Waals surface area contributed by atoms with E-state index >= 15 is 0 Å². The standard InChI is InChI=1S/C10H9Br2N3O/c1-16-10-4-2-3-7(13-10)6-15-9(12)5-8(11)14-15/h2-5H,6H2,1H3. The lowest BCUT2D eigenvalue weighted by Gasteiger charge is -2.04. The van der Waals surface area contributed by atoms with Crippen molar-refractivity contribution in [3.05, 3.63) is 39.2 Å². The summed E-state index contributed by atoms with van der Waals surface area (Å²) in [5, 5.41) is 4.27. The van der Waals surface area contributed by atoms with Crippen LogP contribution in [0, 0.1) is 0 Å². The molecular weight excluding hydrogens is 338 g/mol. The molecule has 16 heavy (non-hydrogen) atoms. The van der Waals surface area contributed by atoms with Gasteiger partial charge in [-0.1, -0.05) is 6.07 Å². The normalized spacial score (nSPS) is 10.4. The summed E-state index contributed by atoms with van der Waals surface area (Å²) in [6, 6.07) is 7.55. The molecule has 0 saturated heterocycles. The van der Waals surface area contributed by atoms with Crippen molar-refractivity contribution in [2.45, 2.75) is 6.54 Å². The van der Waals surface area contributed by atoms with Crippen LogP contribution in [0.1, 0.15) is 5.69 Å². The van der Waals surface area contributed by atoms with E-state index in [1.54, 1.807) is 7.11 Å². The SMILES string of the molecule is COc1cccc(Cn2nc(Br)cc2Br)n1. The van der Waals surface area contributed by atoms with Crippen LogP contribution in [0.15, 0.2) is 33.5 Å². The third-order valence-electron chi connectivity index (χ3n) is 2.00. The Kier molecular flexibility index (Phi) is 3.60. The van der Waals surface area contributed by atoms with Gasteiger partial charge in [0.25, 0.3) is 0 Å². The van der Waals surface area contributed by atoms with Crippen LogP contribution in [-0.4, -0.2) is 21.9 Å². The van der Waals surface area contributed by atoms with E-state index in [1.165, 1.54) is 0 Å². The highest BCUT2D eigenvalue weighted by molar-refractivity contribution is 9.11. The van der Waals surface area contributed by atoms with Gasteiger partial charge in [-0.05, 0) is 37.9 Å². The molecule has 2 heterocycles. The van der Waals surface area contributed by atoms with Gasteiger partial charge < -0.3 is 4.74 Å². The summed E-state index contributed by atoms with van der Waals surface area (Å²) >= 11 is 6.74. The van der Waals surface area contributed by atoms with Crippen molar-refractivity contribution in [3.63, 3.8) is 0 Å². The first-order valence-corrected chi connectivity index (χ1v) is 6.16. The van der Waals surface area contributed by atoms with Gasteiger partial charge in [-0.25, -0.2) is 4.98 Å². The Morgan fingerprint density at radius 2 is 2.19 bits per heavy atom. The van der Waals surface area contributed by atoms with E-state index in [1.807, 2.05) is 28.9 Å². The van der Waals surface area contributed by atoms with E-state index in [-0.39, 0.29) is 0 Å². The molecule has 0 aromatic carbocycles. The Hall–Kier alpha value is -0.880. The largest absolute Gasteiger partial charge is 0.481 e. The molecule has 0 spiro atoms. The first-order valence-electron chi connectivity index (χ1n) is 4.58. The minimum Gasteiger partial charge on any atom is -0.481 e. The number of hydrogen-bond donors (Lipinski definition) is 0. The highest BCUT2D eigenvalue weighted by atomic mass is 79.9. The van der Waals surface area contributed by atoms with Gasteiger partial charge in [0.05, 0.1) is 19.3 Å². The van der Waals surface area contributed by atoms with Gasteiger partial charge in [0.2, 0.25) is 5.88 Å².